The number of β-amino-alcohol motifs (C(OH)–C–C–N with tert-alkyl or cyclic N) is 2. The molecule has 1 aliphatic heterocycles. The summed E-state index contributed by atoms with van der Waals surface area (Å²) in [5.74, 6) is 0.509. The van der Waals surface area contributed by atoms with E-state index < -0.39 is 12.2 Å². The van der Waals surface area contributed by atoms with Crippen molar-refractivity contribution in [1.29, 1.82) is 0 Å². The summed E-state index contributed by atoms with van der Waals surface area (Å²) in [7, 11) is 0. The average Bonchev–Trinajstić information content (AvgIpc) is 2.51. The second-order valence-electron chi connectivity index (χ2n) is 3.41. The second kappa shape index (κ2) is 4.06. The molecule has 1 saturated heterocycles. The molecular weight excluding hydrogens is 313 g/mol. The predicted molar refractivity (Wildman–Crippen MR) is 61.8 cm³/mol. The summed E-state index contributed by atoms with van der Waals surface area (Å²) in [6.45, 7) is 0.598. The molecule has 1 aromatic rings. The summed E-state index contributed by atoms with van der Waals surface area (Å²) in [6, 6.07) is 0. The number of anilines is 1. The first kappa shape index (κ1) is 10.8. The summed E-state index contributed by atoms with van der Waals surface area (Å²) in [4.78, 5) is 19.5. The highest BCUT2D eigenvalue weighted by Crippen LogP contribution is 2.20. The Morgan fingerprint density at radius 2 is 2.07 bits per heavy atom. The van der Waals surface area contributed by atoms with Crippen LogP contribution in [0.3, 0.4) is 0 Å². The number of nitrogens with zero attached hydrogens (tertiary/aromatic N) is 2. The van der Waals surface area contributed by atoms with Gasteiger partial charge in [0.15, 0.2) is 0 Å². The van der Waals surface area contributed by atoms with Crippen molar-refractivity contribution in [3.05, 3.63) is 20.3 Å². The van der Waals surface area contributed by atoms with Crippen molar-refractivity contribution in [1.82, 2.24) is 9.97 Å². The number of aliphatic hydroxyl groups is 2. The Balaban J connectivity index is 2.32. The minimum atomic E-state index is -0.776. The number of hydrogen-bond acceptors (Lipinski definition) is 5. The summed E-state index contributed by atoms with van der Waals surface area (Å²) in [6.07, 6.45) is -0.236. The summed E-state index contributed by atoms with van der Waals surface area (Å²) >= 11 is 1.90. The number of aromatic amines is 1. The van der Waals surface area contributed by atoms with Gasteiger partial charge < -0.3 is 20.1 Å². The maximum atomic E-state index is 11.3. The molecule has 2 atom stereocenters. The molecule has 0 radical (unpaired) electrons. The number of H-pyrrole nitrogens is 1. The molecule has 0 aliphatic carbocycles. The van der Waals surface area contributed by atoms with E-state index in [1.165, 1.54) is 6.33 Å². The van der Waals surface area contributed by atoms with Gasteiger partial charge in [-0.25, -0.2) is 4.98 Å². The van der Waals surface area contributed by atoms with Gasteiger partial charge in [-0.1, -0.05) is 0 Å². The number of nitrogens with one attached hydrogen (secondary N) is 1. The van der Waals surface area contributed by atoms with E-state index in [1.54, 1.807) is 4.90 Å². The molecule has 0 bridgehead atoms. The van der Waals surface area contributed by atoms with Crippen LogP contribution in [0, 0.1) is 3.57 Å². The van der Waals surface area contributed by atoms with Crippen LogP contribution in [0.4, 0.5) is 5.82 Å². The lowest BCUT2D eigenvalue weighted by Gasteiger charge is -2.16. The highest BCUT2D eigenvalue weighted by molar-refractivity contribution is 14.1. The van der Waals surface area contributed by atoms with Crippen LogP contribution in [0.1, 0.15) is 0 Å². The van der Waals surface area contributed by atoms with E-state index in [0.29, 0.717) is 22.5 Å². The van der Waals surface area contributed by atoms with Crippen LogP contribution in [0.15, 0.2) is 11.1 Å². The minimum Gasteiger partial charge on any atom is -0.389 e. The fourth-order valence-electron chi connectivity index (χ4n) is 1.54. The third-order valence-electron chi connectivity index (χ3n) is 2.34. The van der Waals surface area contributed by atoms with E-state index in [0.717, 1.165) is 0 Å². The molecular formula is C8H10IN3O3. The summed E-state index contributed by atoms with van der Waals surface area (Å²) in [5.41, 5.74) is -0.212. The third-order valence-corrected chi connectivity index (χ3v) is 3.31. The van der Waals surface area contributed by atoms with Crippen LogP contribution < -0.4 is 10.5 Å². The van der Waals surface area contributed by atoms with Gasteiger partial charge in [-0.05, 0) is 22.6 Å². The molecule has 7 heteroatoms. The van der Waals surface area contributed by atoms with Gasteiger partial charge in [0, 0.05) is 13.1 Å². The first-order valence-corrected chi connectivity index (χ1v) is 5.51. The molecule has 3 N–H and O–H groups in total. The Hall–Kier alpha value is -0.670. The van der Waals surface area contributed by atoms with Gasteiger partial charge in [0.05, 0.1) is 18.5 Å². The topological polar surface area (TPSA) is 89.5 Å². The molecule has 2 rings (SSSR count). The number of rotatable bonds is 1. The fourth-order valence-corrected chi connectivity index (χ4v) is 2.17. The first-order chi connectivity index (χ1) is 7.09. The van der Waals surface area contributed by atoms with Crippen LogP contribution in [-0.2, 0) is 0 Å². The molecule has 2 heterocycles. The number of aliphatic hydroxyl groups excluding tert-OH is 2. The zero-order chi connectivity index (χ0) is 11.0. The monoisotopic (exact) mass is 323 g/mol. The fraction of sp³-hybridized carbons (Fsp3) is 0.500. The van der Waals surface area contributed by atoms with Crippen LogP contribution in [-0.4, -0.2) is 45.5 Å². The molecule has 1 fully saturated rings. The SMILES string of the molecule is O=c1[nH]cnc(N2CC(O)C(O)C2)c1I. The van der Waals surface area contributed by atoms with Crippen molar-refractivity contribution in [2.45, 2.75) is 12.2 Å². The molecule has 0 saturated carbocycles. The maximum Gasteiger partial charge on any atom is 0.266 e. The standard InChI is InChI=1S/C8H10IN3O3/c9-6-7(10-3-11-8(6)15)12-1-4(13)5(14)2-12/h3-5,13-14H,1-2H2,(H,10,11,15). The van der Waals surface area contributed by atoms with Crippen molar-refractivity contribution in [2.75, 3.05) is 18.0 Å². The molecule has 82 valence electrons. The number of halogens is 1. The lowest BCUT2D eigenvalue weighted by atomic mass is 10.3. The molecule has 6 nitrogen and oxygen atoms in total. The van der Waals surface area contributed by atoms with Crippen LogP contribution >= 0.6 is 22.6 Å². The highest BCUT2D eigenvalue weighted by atomic mass is 127. The molecule has 2 unspecified atom stereocenters. The molecule has 0 amide bonds. The summed E-state index contributed by atoms with van der Waals surface area (Å²) < 4.78 is 0.469. The van der Waals surface area contributed by atoms with Gasteiger partial charge in [0.1, 0.15) is 9.39 Å². The smallest absolute Gasteiger partial charge is 0.266 e. The van der Waals surface area contributed by atoms with Crippen molar-refractivity contribution in [3.8, 4) is 0 Å². The molecule has 1 aromatic heterocycles. The van der Waals surface area contributed by atoms with E-state index >= 15 is 0 Å². The van der Waals surface area contributed by atoms with Gasteiger partial charge in [-0.2, -0.15) is 0 Å². The first-order valence-electron chi connectivity index (χ1n) is 4.44. The Bertz CT molecular complexity index is 412. The normalized spacial score (nSPS) is 25.9. The van der Waals surface area contributed by atoms with Crippen LogP contribution in [0.25, 0.3) is 0 Å². The van der Waals surface area contributed by atoms with Gasteiger partial charge in [-0.15, -0.1) is 0 Å². The van der Waals surface area contributed by atoms with Gasteiger partial charge in [0.25, 0.3) is 5.56 Å². The molecule has 15 heavy (non-hydrogen) atoms. The minimum absolute atomic E-state index is 0.212. The Morgan fingerprint density at radius 1 is 1.47 bits per heavy atom. The van der Waals surface area contributed by atoms with E-state index in [4.69, 9.17) is 0 Å². The Kier molecular flexibility index (Phi) is 2.94. The van der Waals surface area contributed by atoms with E-state index in [-0.39, 0.29) is 5.56 Å². The van der Waals surface area contributed by atoms with Crippen molar-refractivity contribution < 1.29 is 10.2 Å². The lowest BCUT2D eigenvalue weighted by Crippen LogP contribution is -2.26. The molecule has 0 aromatic carbocycles. The van der Waals surface area contributed by atoms with Gasteiger partial charge in [-0.3, -0.25) is 4.79 Å². The van der Waals surface area contributed by atoms with E-state index in [9.17, 15) is 15.0 Å². The largest absolute Gasteiger partial charge is 0.389 e. The zero-order valence-corrected chi connectivity index (χ0v) is 9.88. The maximum absolute atomic E-state index is 11.3. The van der Waals surface area contributed by atoms with Crippen molar-refractivity contribution in [2.24, 2.45) is 0 Å². The van der Waals surface area contributed by atoms with Crippen molar-refractivity contribution >= 4 is 28.4 Å². The van der Waals surface area contributed by atoms with Crippen LogP contribution in [0.2, 0.25) is 0 Å². The molecule has 0 spiro atoms. The van der Waals surface area contributed by atoms with Crippen molar-refractivity contribution in [3.63, 3.8) is 0 Å². The average molecular weight is 323 g/mol. The van der Waals surface area contributed by atoms with E-state index in [1.807, 2.05) is 22.6 Å². The third kappa shape index (κ3) is 1.99. The zero-order valence-electron chi connectivity index (χ0n) is 7.72. The van der Waals surface area contributed by atoms with Crippen LogP contribution in [0.5, 0.6) is 0 Å². The highest BCUT2D eigenvalue weighted by Gasteiger charge is 2.31. The molecule has 1 aliphatic rings. The Labute approximate surface area is 99.1 Å². The number of hydrogen-bond donors (Lipinski definition) is 3. The van der Waals surface area contributed by atoms with E-state index in [2.05, 4.69) is 9.97 Å². The lowest BCUT2D eigenvalue weighted by molar-refractivity contribution is 0.0572. The Morgan fingerprint density at radius 3 is 2.67 bits per heavy atom. The number of aromatic nitrogens is 2. The van der Waals surface area contributed by atoms with Gasteiger partial charge in [0.2, 0.25) is 0 Å². The quantitative estimate of drug-likeness (QED) is 0.572. The summed E-state index contributed by atoms with van der Waals surface area (Å²) in [5, 5.41) is 18.8. The predicted octanol–water partition coefficient (Wildman–Crippen LogP) is -1.08. The second-order valence-corrected chi connectivity index (χ2v) is 4.49. The van der Waals surface area contributed by atoms with Gasteiger partial charge >= 0.3 is 0 Å².